The highest BCUT2D eigenvalue weighted by atomic mass is 35.5. The number of pyridine rings is 1. The van der Waals surface area contributed by atoms with Crippen molar-refractivity contribution in [1.82, 2.24) is 9.88 Å². The van der Waals surface area contributed by atoms with Crippen molar-refractivity contribution in [3.63, 3.8) is 0 Å². The van der Waals surface area contributed by atoms with Crippen LogP contribution in [-0.4, -0.2) is 48.5 Å². The maximum atomic E-state index is 12.4. The predicted octanol–water partition coefficient (Wildman–Crippen LogP) is 2.94. The van der Waals surface area contributed by atoms with Gasteiger partial charge in [0.05, 0.1) is 6.54 Å². The lowest BCUT2D eigenvalue weighted by atomic mass is 10.2. The molecule has 1 fully saturated rings. The first-order chi connectivity index (χ1) is 13.6. The molecule has 0 unspecified atom stereocenters. The highest BCUT2D eigenvalue weighted by molar-refractivity contribution is 6.30. The molecular weight excluding hydrogens is 376 g/mol. The van der Waals surface area contributed by atoms with E-state index in [1.165, 1.54) is 6.07 Å². The van der Waals surface area contributed by atoms with Crippen LogP contribution >= 0.6 is 11.6 Å². The Hall–Kier alpha value is -2.83. The number of hydrogen-bond acceptors (Lipinski definition) is 4. The number of aromatic nitrogens is 1. The molecule has 0 spiro atoms. The number of rotatable bonds is 4. The number of piperazine rings is 1. The molecule has 0 bridgehead atoms. The zero-order valence-corrected chi connectivity index (χ0v) is 16.1. The number of amides is 1. The van der Waals surface area contributed by atoms with E-state index in [2.05, 4.69) is 20.1 Å². The highest BCUT2D eigenvalue weighted by Crippen LogP contribution is 2.20. The van der Waals surface area contributed by atoms with Crippen molar-refractivity contribution in [2.45, 2.75) is 0 Å². The highest BCUT2D eigenvalue weighted by Gasteiger charge is 2.19. The molecule has 1 saturated heterocycles. The fourth-order valence-electron chi connectivity index (χ4n) is 3.45. The number of nitrogens with zero attached hydrogens (tertiary/aromatic N) is 2. The molecular formula is C21H21ClN4O2. The minimum absolute atomic E-state index is 0.0382. The van der Waals surface area contributed by atoms with E-state index in [0.717, 1.165) is 53.5 Å². The molecule has 144 valence electrons. The molecule has 28 heavy (non-hydrogen) atoms. The molecule has 2 N–H and O–H groups in total. The van der Waals surface area contributed by atoms with Crippen molar-refractivity contribution in [2.24, 2.45) is 0 Å². The summed E-state index contributed by atoms with van der Waals surface area (Å²) in [5, 5.41) is 4.56. The van der Waals surface area contributed by atoms with Gasteiger partial charge in [-0.3, -0.25) is 14.5 Å². The van der Waals surface area contributed by atoms with E-state index in [1.807, 2.05) is 30.3 Å². The van der Waals surface area contributed by atoms with Gasteiger partial charge < -0.3 is 15.2 Å². The maximum Gasteiger partial charge on any atom is 0.248 e. The Morgan fingerprint density at radius 2 is 1.75 bits per heavy atom. The number of hydrogen-bond donors (Lipinski definition) is 2. The van der Waals surface area contributed by atoms with Crippen LogP contribution in [0, 0.1) is 0 Å². The first kappa shape index (κ1) is 18.5. The number of halogens is 1. The smallest absolute Gasteiger partial charge is 0.248 e. The lowest BCUT2D eigenvalue weighted by molar-refractivity contribution is -0.117. The molecule has 3 aromatic rings. The Kier molecular flexibility index (Phi) is 5.32. The Morgan fingerprint density at radius 1 is 1.00 bits per heavy atom. The van der Waals surface area contributed by atoms with Crippen molar-refractivity contribution in [3.05, 3.63) is 70.0 Å². The normalized spacial score (nSPS) is 15.0. The van der Waals surface area contributed by atoms with Gasteiger partial charge in [0.1, 0.15) is 0 Å². The monoisotopic (exact) mass is 396 g/mol. The largest absolute Gasteiger partial charge is 0.369 e. The third-order valence-electron chi connectivity index (χ3n) is 4.94. The summed E-state index contributed by atoms with van der Waals surface area (Å²) in [5.41, 5.74) is 2.50. The van der Waals surface area contributed by atoms with Crippen LogP contribution in [0.15, 0.2) is 59.4 Å². The number of anilines is 2. The molecule has 2 aromatic carbocycles. The number of aromatic amines is 1. The van der Waals surface area contributed by atoms with Gasteiger partial charge >= 0.3 is 0 Å². The van der Waals surface area contributed by atoms with E-state index >= 15 is 0 Å². The molecule has 2 heterocycles. The van der Waals surface area contributed by atoms with Gasteiger partial charge in [0.25, 0.3) is 0 Å². The number of benzene rings is 2. The minimum atomic E-state index is -0.137. The van der Waals surface area contributed by atoms with Crippen LogP contribution in [0.5, 0.6) is 0 Å². The molecule has 7 heteroatoms. The van der Waals surface area contributed by atoms with Crippen LogP contribution in [0.4, 0.5) is 11.4 Å². The van der Waals surface area contributed by atoms with E-state index < -0.39 is 0 Å². The first-order valence-electron chi connectivity index (χ1n) is 9.23. The maximum absolute atomic E-state index is 12.4. The molecule has 4 rings (SSSR count). The Bertz CT molecular complexity index is 1040. The van der Waals surface area contributed by atoms with Crippen LogP contribution in [-0.2, 0) is 4.79 Å². The summed E-state index contributed by atoms with van der Waals surface area (Å²) in [7, 11) is 0. The number of H-pyrrole nitrogens is 1. The second kappa shape index (κ2) is 8.04. The molecule has 0 atom stereocenters. The van der Waals surface area contributed by atoms with Gasteiger partial charge in [0.15, 0.2) is 0 Å². The summed E-state index contributed by atoms with van der Waals surface area (Å²) in [6, 6.07) is 16.5. The number of carbonyl (C=O) groups is 1. The summed E-state index contributed by atoms with van der Waals surface area (Å²) >= 11 is 5.95. The summed E-state index contributed by atoms with van der Waals surface area (Å²) in [5.74, 6) is -0.0382. The topological polar surface area (TPSA) is 68.4 Å². The second-order valence-corrected chi connectivity index (χ2v) is 7.35. The zero-order chi connectivity index (χ0) is 19.5. The number of carbonyl (C=O) groups excluding carboxylic acids is 1. The number of fused-ring (bicyclic) bond motifs is 1. The molecule has 1 aliphatic rings. The van der Waals surface area contributed by atoms with E-state index in [4.69, 9.17) is 11.6 Å². The summed E-state index contributed by atoms with van der Waals surface area (Å²) < 4.78 is 0. The minimum Gasteiger partial charge on any atom is -0.369 e. The summed E-state index contributed by atoms with van der Waals surface area (Å²) in [4.78, 5) is 31.0. The van der Waals surface area contributed by atoms with Gasteiger partial charge in [-0.05, 0) is 48.5 Å². The molecule has 1 aromatic heterocycles. The van der Waals surface area contributed by atoms with E-state index in [-0.39, 0.29) is 11.5 Å². The number of nitrogens with one attached hydrogen (secondary N) is 2. The van der Waals surface area contributed by atoms with Crippen LogP contribution < -0.4 is 15.8 Å². The lowest BCUT2D eigenvalue weighted by Gasteiger charge is -2.35. The van der Waals surface area contributed by atoms with Crippen LogP contribution in [0.1, 0.15) is 0 Å². The second-order valence-electron chi connectivity index (χ2n) is 6.91. The third-order valence-corrected chi connectivity index (χ3v) is 5.19. The molecule has 0 radical (unpaired) electrons. The van der Waals surface area contributed by atoms with E-state index in [1.54, 1.807) is 18.2 Å². The average Bonchev–Trinajstić information content (AvgIpc) is 2.69. The standard InChI is InChI=1S/C21H21ClN4O2/c22-16-2-5-18(6-3-16)26-11-9-25(10-12-26)14-21(28)23-17-4-7-19-15(13-17)1-8-20(27)24-19/h1-8,13H,9-12,14H2,(H,23,28)(H,24,27). The molecule has 1 amide bonds. The quantitative estimate of drug-likeness (QED) is 0.711. The Morgan fingerprint density at radius 3 is 2.50 bits per heavy atom. The summed E-state index contributed by atoms with van der Waals surface area (Å²) in [6.07, 6.45) is 0. The van der Waals surface area contributed by atoms with Gasteiger partial charge in [-0.2, -0.15) is 0 Å². The molecule has 6 nitrogen and oxygen atoms in total. The first-order valence-corrected chi connectivity index (χ1v) is 9.60. The van der Waals surface area contributed by atoms with E-state index in [0.29, 0.717) is 6.54 Å². The van der Waals surface area contributed by atoms with Crippen molar-refractivity contribution in [3.8, 4) is 0 Å². The fraction of sp³-hybridized carbons (Fsp3) is 0.238. The molecule has 0 aliphatic carbocycles. The summed E-state index contributed by atoms with van der Waals surface area (Å²) in [6.45, 7) is 3.76. The average molecular weight is 397 g/mol. The van der Waals surface area contributed by atoms with Crippen LogP contribution in [0.2, 0.25) is 5.02 Å². The van der Waals surface area contributed by atoms with Crippen LogP contribution in [0.25, 0.3) is 10.9 Å². The lowest BCUT2D eigenvalue weighted by Crippen LogP contribution is -2.48. The van der Waals surface area contributed by atoms with Gasteiger partial charge in [-0.1, -0.05) is 11.6 Å². The van der Waals surface area contributed by atoms with Crippen molar-refractivity contribution in [1.29, 1.82) is 0 Å². The zero-order valence-electron chi connectivity index (χ0n) is 15.3. The van der Waals surface area contributed by atoms with Gasteiger partial charge in [0, 0.05) is 59.5 Å². The molecule has 1 aliphatic heterocycles. The van der Waals surface area contributed by atoms with Crippen LogP contribution in [0.3, 0.4) is 0 Å². The Labute approximate surface area is 167 Å². The van der Waals surface area contributed by atoms with Crippen molar-refractivity contribution >= 4 is 39.8 Å². The Balaban J connectivity index is 1.31. The third kappa shape index (κ3) is 4.35. The molecule has 0 saturated carbocycles. The van der Waals surface area contributed by atoms with Gasteiger partial charge in [-0.15, -0.1) is 0 Å². The fourth-order valence-corrected chi connectivity index (χ4v) is 3.58. The van der Waals surface area contributed by atoms with Gasteiger partial charge in [0.2, 0.25) is 11.5 Å². The predicted molar refractivity (Wildman–Crippen MR) is 113 cm³/mol. The van der Waals surface area contributed by atoms with E-state index in [9.17, 15) is 9.59 Å². The van der Waals surface area contributed by atoms with Crippen molar-refractivity contribution in [2.75, 3.05) is 42.9 Å². The van der Waals surface area contributed by atoms with Gasteiger partial charge in [-0.25, -0.2) is 0 Å². The SMILES string of the molecule is O=C(CN1CCN(c2ccc(Cl)cc2)CC1)Nc1ccc2[nH]c(=O)ccc2c1. The van der Waals surface area contributed by atoms with Crippen molar-refractivity contribution < 1.29 is 4.79 Å².